The lowest BCUT2D eigenvalue weighted by molar-refractivity contribution is 0.0447. The summed E-state index contributed by atoms with van der Waals surface area (Å²) in [7, 11) is 0. The van der Waals surface area contributed by atoms with Gasteiger partial charge in [0.2, 0.25) is 5.78 Å². The first-order valence-electron chi connectivity index (χ1n) is 4.61. The van der Waals surface area contributed by atoms with E-state index in [2.05, 4.69) is 0 Å². The predicted octanol–water partition coefficient (Wildman–Crippen LogP) is 2.65. The van der Waals surface area contributed by atoms with E-state index in [0.29, 0.717) is 4.88 Å². The minimum atomic E-state index is -0.916. The van der Waals surface area contributed by atoms with Gasteiger partial charge in [0.25, 0.3) is 0 Å². The normalized spacial score (nSPS) is 14.1. The molecule has 78 valence electrons. The number of aliphatic hydroxyl groups is 1. The Bertz CT molecular complexity index is 333. The van der Waals surface area contributed by atoms with E-state index >= 15 is 0 Å². The molecule has 1 aromatic heterocycles. The highest BCUT2D eigenvalue weighted by molar-refractivity contribution is 7.14. The van der Waals surface area contributed by atoms with Crippen LogP contribution < -0.4 is 0 Å². The predicted molar refractivity (Wildman–Crippen MR) is 58.8 cm³/mol. The molecule has 0 saturated heterocycles. The van der Waals surface area contributed by atoms with Gasteiger partial charge in [0, 0.05) is 4.88 Å². The maximum absolute atomic E-state index is 11.8. The molecule has 0 saturated carbocycles. The average Bonchev–Trinajstić information content (AvgIpc) is 2.47. The number of aliphatic hydroxyl groups excluding tert-OH is 1. The van der Waals surface area contributed by atoms with E-state index in [0.717, 1.165) is 4.88 Å². The SMILES string of the molecule is Cc1ccc(C(=O)C(O)C(C)(C)C)s1. The van der Waals surface area contributed by atoms with Gasteiger partial charge in [-0.15, -0.1) is 11.3 Å². The van der Waals surface area contributed by atoms with E-state index in [4.69, 9.17) is 0 Å². The first-order chi connectivity index (χ1) is 6.32. The van der Waals surface area contributed by atoms with Crippen LogP contribution in [0.5, 0.6) is 0 Å². The van der Waals surface area contributed by atoms with Crippen molar-refractivity contribution in [3.63, 3.8) is 0 Å². The zero-order valence-corrected chi connectivity index (χ0v) is 9.81. The van der Waals surface area contributed by atoms with E-state index in [-0.39, 0.29) is 5.78 Å². The molecule has 1 aromatic rings. The third-order valence-corrected chi connectivity index (χ3v) is 3.07. The number of aryl methyl sites for hydroxylation is 1. The molecular formula is C11H16O2S. The van der Waals surface area contributed by atoms with Gasteiger partial charge in [-0.2, -0.15) is 0 Å². The lowest BCUT2D eigenvalue weighted by atomic mass is 9.86. The van der Waals surface area contributed by atoms with Gasteiger partial charge in [-0.3, -0.25) is 4.79 Å². The molecule has 3 heteroatoms. The van der Waals surface area contributed by atoms with Crippen LogP contribution in [0, 0.1) is 12.3 Å². The van der Waals surface area contributed by atoms with Crippen molar-refractivity contribution in [3.8, 4) is 0 Å². The number of Topliss-reactive ketones (excluding diaryl/α,β-unsaturated/α-hetero) is 1. The molecule has 0 radical (unpaired) electrons. The molecule has 1 heterocycles. The van der Waals surface area contributed by atoms with Crippen LogP contribution in [0.25, 0.3) is 0 Å². The molecule has 1 atom stereocenters. The van der Waals surface area contributed by atoms with Crippen molar-refractivity contribution >= 4 is 17.1 Å². The van der Waals surface area contributed by atoms with E-state index in [9.17, 15) is 9.90 Å². The van der Waals surface area contributed by atoms with Crippen LogP contribution in [0.15, 0.2) is 12.1 Å². The number of ketones is 1. The maximum Gasteiger partial charge on any atom is 0.201 e. The summed E-state index contributed by atoms with van der Waals surface area (Å²) in [4.78, 5) is 13.5. The summed E-state index contributed by atoms with van der Waals surface area (Å²) in [6, 6.07) is 3.67. The number of hydrogen-bond acceptors (Lipinski definition) is 3. The zero-order chi connectivity index (χ0) is 10.9. The Labute approximate surface area is 88.6 Å². The smallest absolute Gasteiger partial charge is 0.201 e. The summed E-state index contributed by atoms with van der Waals surface area (Å²) in [5, 5.41) is 9.77. The molecular weight excluding hydrogens is 196 g/mol. The van der Waals surface area contributed by atoms with Gasteiger partial charge in [0.05, 0.1) is 4.88 Å². The Morgan fingerprint density at radius 2 is 2.00 bits per heavy atom. The van der Waals surface area contributed by atoms with Crippen LogP contribution in [-0.4, -0.2) is 17.0 Å². The molecule has 0 bridgehead atoms. The Hall–Kier alpha value is -0.670. The van der Waals surface area contributed by atoms with Gasteiger partial charge in [-0.1, -0.05) is 20.8 Å². The van der Waals surface area contributed by atoms with Crippen molar-refractivity contribution in [2.45, 2.75) is 33.8 Å². The highest BCUT2D eigenvalue weighted by atomic mass is 32.1. The monoisotopic (exact) mass is 212 g/mol. The Morgan fingerprint density at radius 3 is 2.36 bits per heavy atom. The second-order valence-electron chi connectivity index (χ2n) is 4.54. The zero-order valence-electron chi connectivity index (χ0n) is 9.00. The van der Waals surface area contributed by atoms with Crippen LogP contribution in [-0.2, 0) is 0 Å². The number of carbonyl (C=O) groups is 1. The molecule has 2 nitrogen and oxygen atoms in total. The summed E-state index contributed by atoms with van der Waals surface area (Å²) in [5.74, 6) is -0.171. The van der Waals surface area contributed by atoms with E-state index in [1.807, 2.05) is 33.8 Å². The van der Waals surface area contributed by atoms with Gasteiger partial charge in [0.1, 0.15) is 6.10 Å². The second-order valence-corrected chi connectivity index (χ2v) is 5.83. The fourth-order valence-electron chi connectivity index (χ4n) is 1.09. The van der Waals surface area contributed by atoms with E-state index in [1.165, 1.54) is 11.3 Å². The lowest BCUT2D eigenvalue weighted by Crippen LogP contribution is -2.33. The summed E-state index contributed by atoms with van der Waals surface area (Å²) in [5.41, 5.74) is -0.394. The fraction of sp³-hybridized carbons (Fsp3) is 0.545. The van der Waals surface area contributed by atoms with Crippen molar-refractivity contribution in [1.29, 1.82) is 0 Å². The summed E-state index contributed by atoms with van der Waals surface area (Å²) < 4.78 is 0. The van der Waals surface area contributed by atoms with Crippen molar-refractivity contribution in [2.75, 3.05) is 0 Å². The standard InChI is InChI=1S/C11H16O2S/c1-7-5-6-8(14-7)9(12)10(13)11(2,3)4/h5-6,10,13H,1-4H3. The topological polar surface area (TPSA) is 37.3 Å². The van der Waals surface area contributed by atoms with Gasteiger partial charge in [-0.05, 0) is 24.5 Å². The van der Waals surface area contributed by atoms with E-state index < -0.39 is 11.5 Å². The molecule has 0 aliphatic heterocycles. The van der Waals surface area contributed by atoms with Crippen molar-refractivity contribution in [3.05, 3.63) is 21.9 Å². The minimum absolute atomic E-state index is 0.171. The molecule has 0 aliphatic rings. The molecule has 0 fully saturated rings. The largest absolute Gasteiger partial charge is 0.384 e. The Morgan fingerprint density at radius 1 is 1.43 bits per heavy atom. The average molecular weight is 212 g/mol. The summed E-state index contributed by atoms with van der Waals surface area (Å²) >= 11 is 1.43. The molecule has 1 rings (SSSR count). The Balaban J connectivity index is 2.86. The first kappa shape index (κ1) is 11.4. The van der Waals surface area contributed by atoms with Crippen LogP contribution in [0.3, 0.4) is 0 Å². The summed E-state index contributed by atoms with van der Waals surface area (Å²) in [6.07, 6.45) is -0.916. The lowest BCUT2D eigenvalue weighted by Gasteiger charge is -2.23. The molecule has 1 N–H and O–H groups in total. The molecule has 0 aromatic carbocycles. The molecule has 0 amide bonds. The van der Waals surface area contributed by atoms with Crippen LogP contribution in [0.1, 0.15) is 35.3 Å². The number of thiophene rings is 1. The Kier molecular flexibility index (Phi) is 3.12. The number of hydrogen-bond donors (Lipinski definition) is 1. The fourth-order valence-corrected chi connectivity index (χ4v) is 1.93. The molecule has 14 heavy (non-hydrogen) atoms. The quantitative estimate of drug-likeness (QED) is 0.765. The van der Waals surface area contributed by atoms with Gasteiger partial charge >= 0.3 is 0 Å². The van der Waals surface area contributed by atoms with Crippen molar-refractivity contribution in [2.24, 2.45) is 5.41 Å². The second kappa shape index (κ2) is 3.83. The highest BCUT2D eigenvalue weighted by Gasteiger charge is 2.30. The first-order valence-corrected chi connectivity index (χ1v) is 5.43. The molecule has 0 aliphatic carbocycles. The molecule has 1 unspecified atom stereocenters. The third-order valence-electron chi connectivity index (χ3n) is 2.05. The maximum atomic E-state index is 11.8. The van der Waals surface area contributed by atoms with Crippen LogP contribution in [0.2, 0.25) is 0 Å². The van der Waals surface area contributed by atoms with Crippen molar-refractivity contribution < 1.29 is 9.90 Å². The van der Waals surface area contributed by atoms with Gasteiger partial charge in [0.15, 0.2) is 0 Å². The number of carbonyl (C=O) groups excluding carboxylic acids is 1. The van der Waals surface area contributed by atoms with Gasteiger partial charge in [-0.25, -0.2) is 0 Å². The number of rotatable bonds is 2. The van der Waals surface area contributed by atoms with Crippen molar-refractivity contribution in [1.82, 2.24) is 0 Å². The van der Waals surface area contributed by atoms with Crippen LogP contribution in [0.4, 0.5) is 0 Å². The van der Waals surface area contributed by atoms with E-state index in [1.54, 1.807) is 6.07 Å². The molecule has 0 spiro atoms. The minimum Gasteiger partial charge on any atom is -0.384 e. The highest BCUT2D eigenvalue weighted by Crippen LogP contribution is 2.25. The third kappa shape index (κ3) is 2.42. The van der Waals surface area contributed by atoms with Crippen LogP contribution >= 0.6 is 11.3 Å². The summed E-state index contributed by atoms with van der Waals surface area (Å²) in [6.45, 7) is 7.52. The van der Waals surface area contributed by atoms with Gasteiger partial charge < -0.3 is 5.11 Å².